The molecule has 3 amide bonds. The second-order valence-corrected chi connectivity index (χ2v) is 7.61. The van der Waals surface area contributed by atoms with Gasteiger partial charge in [0.2, 0.25) is 0 Å². The lowest BCUT2D eigenvalue weighted by Gasteiger charge is -2.28. The Labute approximate surface area is 176 Å². The second kappa shape index (κ2) is 9.50. The van der Waals surface area contributed by atoms with E-state index in [4.69, 9.17) is 14.1 Å². The summed E-state index contributed by atoms with van der Waals surface area (Å²) in [5.74, 6) is -0.893. The molecule has 1 aromatic rings. The average molecular weight is 463 g/mol. The summed E-state index contributed by atoms with van der Waals surface area (Å²) in [5.41, 5.74) is 2.22. The monoisotopic (exact) mass is 463 g/mol. The Morgan fingerprint density at radius 1 is 1.32 bits per heavy atom. The number of ether oxygens (including phenoxy) is 1. The topological polar surface area (TPSA) is 195 Å². The van der Waals surface area contributed by atoms with Crippen LogP contribution in [0.25, 0.3) is 0 Å². The van der Waals surface area contributed by atoms with Gasteiger partial charge < -0.3 is 9.64 Å². The van der Waals surface area contributed by atoms with Gasteiger partial charge in [-0.15, -0.1) is 14.5 Å². The van der Waals surface area contributed by atoms with Crippen molar-refractivity contribution in [2.24, 2.45) is 0 Å². The van der Waals surface area contributed by atoms with Crippen molar-refractivity contribution in [3.63, 3.8) is 0 Å². The van der Waals surface area contributed by atoms with E-state index in [1.54, 1.807) is 6.92 Å². The lowest BCUT2D eigenvalue weighted by molar-refractivity contribution is -0.142. The average Bonchev–Trinajstić information content (AvgIpc) is 3.23. The Bertz CT molecular complexity index is 936. The maximum atomic E-state index is 12.4. The Morgan fingerprint density at radius 2 is 2.10 bits per heavy atom. The van der Waals surface area contributed by atoms with Crippen molar-refractivity contribution < 1.29 is 41.2 Å². The largest absolute Gasteiger partial charge is 0.466 e. The first-order chi connectivity index (χ1) is 14.7. The lowest BCUT2D eigenvalue weighted by Crippen LogP contribution is -2.49. The highest BCUT2D eigenvalue weighted by Gasteiger charge is 2.49. The number of hydroxylamine groups is 3. The summed E-state index contributed by atoms with van der Waals surface area (Å²) in [6, 6.07) is -2.33. The van der Waals surface area contributed by atoms with Gasteiger partial charge in [0, 0.05) is 6.54 Å². The Hall–Kier alpha value is -2.89. The van der Waals surface area contributed by atoms with E-state index in [1.807, 2.05) is 0 Å². The standard InChI is InChI=1S/C14H21N7O9S/c1-2-28-12(22)7-11-15-18-20(16-11)5-6-29-17-13(23)10-4-3-9-8-19(10)14(24)21(9)30-31(25,26)27/h9-10H,2-8H2,1H3,(H,17,23)(H,25,26,27)/t9-,10+/m1/s1. The van der Waals surface area contributed by atoms with Gasteiger partial charge in [0.05, 0.1) is 25.8 Å². The van der Waals surface area contributed by atoms with Gasteiger partial charge in [0.25, 0.3) is 5.91 Å². The zero-order chi connectivity index (χ0) is 22.6. The second-order valence-electron chi connectivity index (χ2n) is 6.61. The smallest absolute Gasteiger partial charge is 0.418 e. The summed E-state index contributed by atoms with van der Waals surface area (Å²) in [5, 5.41) is 12.0. The molecular formula is C14H21N7O9S. The van der Waals surface area contributed by atoms with Crippen LogP contribution in [0.5, 0.6) is 0 Å². The maximum absolute atomic E-state index is 12.4. The zero-order valence-corrected chi connectivity index (χ0v) is 17.2. The molecule has 2 N–H and O–H groups in total. The quantitative estimate of drug-likeness (QED) is 0.165. The molecule has 3 rings (SSSR count). The third-order valence-electron chi connectivity index (χ3n) is 4.47. The molecule has 2 aliphatic heterocycles. The molecule has 0 aromatic carbocycles. The highest BCUT2D eigenvalue weighted by Crippen LogP contribution is 2.30. The number of rotatable bonds is 10. The van der Waals surface area contributed by atoms with Crippen molar-refractivity contribution >= 4 is 28.3 Å². The van der Waals surface area contributed by atoms with Crippen molar-refractivity contribution in [2.75, 3.05) is 19.8 Å². The summed E-state index contributed by atoms with van der Waals surface area (Å²) in [6.07, 6.45) is 0.428. The number of tetrazole rings is 1. The molecule has 31 heavy (non-hydrogen) atoms. The van der Waals surface area contributed by atoms with E-state index < -0.39 is 40.4 Å². The summed E-state index contributed by atoms with van der Waals surface area (Å²) in [7, 11) is -4.86. The Balaban J connectivity index is 1.43. The van der Waals surface area contributed by atoms with E-state index in [1.165, 1.54) is 4.80 Å². The Morgan fingerprint density at radius 3 is 2.81 bits per heavy atom. The number of carbonyl (C=O) groups excluding carboxylic acids is 3. The molecule has 2 aliphatic rings. The Kier molecular flexibility index (Phi) is 6.98. The molecule has 172 valence electrons. The highest BCUT2D eigenvalue weighted by atomic mass is 32.3. The molecule has 0 unspecified atom stereocenters. The number of hydrogen-bond acceptors (Lipinski definition) is 11. The molecule has 2 atom stereocenters. The van der Waals surface area contributed by atoms with Gasteiger partial charge in [-0.3, -0.25) is 19.0 Å². The van der Waals surface area contributed by atoms with Crippen LogP contribution >= 0.6 is 0 Å². The van der Waals surface area contributed by atoms with Gasteiger partial charge in [0.1, 0.15) is 12.5 Å². The van der Waals surface area contributed by atoms with Crippen molar-refractivity contribution in [3.05, 3.63) is 5.82 Å². The lowest BCUT2D eigenvalue weighted by atomic mass is 10.0. The van der Waals surface area contributed by atoms with Crippen molar-refractivity contribution in [2.45, 2.75) is 44.8 Å². The molecule has 0 saturated carbocycles. The van der Waals surface area contributed by atoms with E-state index in [-0.39, 0.29) is 45.0 Å². The number of amides is 3. The van der Waals surface area contributed by atoms with E-state index in [0.717, 1.165) is 4.90 Å². The summed E-state index contributed by atoms with van der Waals surface area (Å²) in [6.45, 7) is 2.10. The van der Waals surface area contributed by atoms with Crippen LogP contribution < -0.4 is 5.48 Å². The van der Waals surface area contributed by atoms with Gasteiger partial charge >= 0.3 is 22.4 Å². The number of urea groups is 1. The van der Waals surface area contributed by atoms with Gasteiger partial charge in [-0.05, 0) is 25.0 Å². The number of nitrogens with one attached hydrogen (secondary N) is 1. The van der Waals surface area contributed by atoms with Crippen LogP contribution in [0.1, 0.15) is 25.6 Å². The molecule has 0 aliphatic carbocycles. The number of carbonyl (C=O) groups is 3. The number of fused-ring (bicyclic) bond motifs is 2. The summed E-state index contributed by atoms with van der Waals surface area (Å²) in [4.78, 5) is 43.4. The maximum Gasteiger partial charge on any atom is 0.418 e. The predicted molar refractivity (Wildman–Crippen MR) is 95.6 cm³/mol. The van der Waals surface area contributed by atoms with Crippen LogP contribution in [0, 0.1) is 0 Å². The fourth-order valence-electron chi connectivity index (χ4n) is 3.20. The highest BCUT2D eigenvalue weighted by molar-refractivity contribution is 7.80. The number of esters is 1. The zero-order valence-electron chi connectivity index (χ0n) is 16.4. The van der Waals surface area contributed by atoms with E-state index >= 15 is 0 Å². The van der Waals surface area contributed by atoms with E-state index in [2.05, 4.69) is 25.2 Å². The molecule has 2 bridgehead atoms. The summed E-state index contributed by atoms with van der Waals surface area (Å²) >= 11 is 0. The minimum atomic E-state index is -4.86. The first-order valence-corrected chi connectivity index (χ1v) is 10.6. The number of nitrogens with zero attached hydrogens (tertiary/aromatic N) is 6. The number of aromatic nitrogens is 4. The van der Waals surface area contributed by atoms with Gasteiger partial charge in [-0.2, -0.15) is 18.3 Å². The first-order valence-electron chi connectivity index (χ1n) is 9.28. The van der Waals surface area contributed by atoms with E-state index in [0.29, 0.717) is 11.5 Å². The molecule has 0 spiro atoms. The van der Waals surface area contributed by atoms with Gasteiger partial charge in [-0.1, -0.05) is 0 Å². The molecular weight excluding hydrogens is 442 g/mol. The van der Waals surface area contributed by atoms with Crippen LogP contribution in [0.4, 0.5) is 4.79 Å². The SMILES string of the molecule is CCOC(=O)Cc1nnn(CCONC(=O)[C@@H]2CC[C@@H]3CN2C(=O)N3OS(=O)(=O)O)n1. The first kappa shape index (κ1) is 22.8. The fraction of sp³-hybridized carbons (Fsp3) is 0.714. The van der Waals surface area contributed by atoms with Crippen molar-refractivity contribution in [1.82, 2.24) is 35.7 Å². The van der Waals surface area contributed by atoms with Crippen LogP contribution in [-0.4, -0.2) is 92.9 Å². The number of piperidine rings is 1. The third-order valence-corrected chi connectivity index (χ3v) is 4.82. The molecule has 17 heteroatoms. The number of hydrogen-bond donors (Lipinski definition) is 2. The molecule has 0 radical (unpaired) electrons. The molecule has 3 heterocycles. The summed E-state index contributed by atoms with van der Waals surface area (Å²) < 4.78 is 39.7. The van der Waals surface area contributed by atoms with Crippen molar-refractivity contribution in [1.29, 1.82) is 0 Å². The minimum absolute atomic E-state index is 0.0256. The van der Waals surface area contributed by atoms with Crippen LogP contribution in [0.15, 0.2) is 0 Å². The molecule has 1 aromatic heterocycles. The molecule has 2 fully saturated rings. The normalized spacial score (nSPS) is 20.8. The fourth-order valence-corrected chi connectivity index (χ4v) is 3.59. The van der Waals surface area contributed by atoms with Crippen LogP contribution in [0.3, 0.4) is 0 Å². The molecule has 16 nitrogen and oxygen atoms in total. The van der Waals surface area contributed by atoms with Gasteiger partial charge in [0.15, 0.2) is 5.82 Å². The van der Waals surface area contributed by atoms with Crippen LogP contribution in [0.2, 0.25) is 0 Å². The predicted octanol–water partition coefficient (Wildman–Crippen LogP) is -2.17. The van der Waals surface area contributed by atoms with Crippen LogP contribution in [-0.2, 0) is 46.8 Å². The van der Waals surface area contributed by atoms with Gasteiger partial charge in [-0.25, -0.2) is 10.3 Å². The minimum Gasteiger partial charge on any atom is -0.466 e. The molecule has 2 saturated heterocycles. The van der Waals surface area contributed by atoms with Crippen molar-refractivity contribution in [3.8, 4) is 0 Å². The van der Waals surface area contributed by atoms with E-state index in [9.17, 15) is 22.8 Å². The third kappa shape index (κ3) is 5.84.